The lowest BCUT2D eigenvalue weighted by Gasteiger charge is -2.11. The first kappa shape index (κ1) is 21.0. The Morgan fingerprint density at radius 3 is 2.44 bits per heavy atom. The predicted octanol–water partition coefficient (Wildman–Crippen LogP) is 5.34. The second kappa shape index (κ2) is 12.3. The minimum Gasteiger partial charge on any atom is -0.352 e. The highest BCUT2D eigenvalue weighted by atomic mass is 35.5. The molecule has 1 amide bonds. The summed E-state index contributed by atoms with van der Waals surface area (Å²) in [6.45, 7) is 2.93. The van der Waals surface area contributed by atoms with Gasteiger partial charge in [0.25, 0.3) is 5.91 Å². The zero-order valence-electron chi connectivity index (χ0n) is 14.8. The number of unbranched alkanes of at least 4 members (excludes halogenated alkanes) is 5. The molecule has 0 atom stereocenters. The van der Waals surface area contributed by atoms with Gasteiger partial charge < -0.3 is 10.6 Å². The Hall–Kier alpha value is -2.07. The predicted molar refractivity (Wildman–Crippen MR) is 107 cm³/mol. The molecule has 5 heteroatoms. The van der Waals surface area contributed by atoms with Gasteiger partial charge in [0, 0.05) is 18.4 Å². The Morgan fingerprint density at radius 1 is 0.960 bits per heavy atom. The number of hydrogen-bond donors (Lipinski definition) is 2. The highest BCUT2D eigenvalue weighted by Gasteiger charge is 2.11. The van der Waals surface area contributed by atoms with Crippen LogP contribution in [0.15, 0.2) is 48.7 Å². The van der Waals surface area contributed by atoms with E-state index in [1.54, 1.807) is 18.3 Å². The van der Waals surface area contributed by atoms with Crippen LogP contribution in [0.25, 0.3) is 0 Å². The number of benzene rings is 1. The maximum absolute atomic E-state index is 12.4. The monoisotopic (exact) mass is 361 g/mol. The Balaban J connectivity index is 0.00000312. The number of rotatable bonds is 10. The highest BCUT2D eigenvalue weighted by molar-refractivity contribution is 5.99. The maximum atomic E-state index is 12.4. The summed E-state index contributed by atoms with van der Waals surface area (Å²) in [4.78, 5) is 16.7. The average Bonchev–Trinajstić information content (AvgIpc) is 2.62. The van der Waals surface area contributed by atoms with Gasteiger partial charge in [-0.15, -0.1) is 12.4 Å². The third-order valence-corrected chi connectivity index (χ3v) is 3.90. The molecule has 0 fully saturated rings. The van der Waals surface area contributed by atoms with Gasteiger partial charge in [-0.3, -0.25) is 4.79 Å². The van der Waals surface area contributed by atoms with Crippen molar-refractivity contribution in [2.24, 2.45) is 0 Å². The van der Waals surface area contributed by atoms with E-state index in [4.69, 9.17) is 0 Å². The number of halogens is 1. The summed E-state index contributed by atoms with van der Waals surface area (Å²) in [5.74, 6) is 0.513. The molecule has 1 heterocycles. The quantitative estimate of drug-likeness (QED) is 0.562. The summed E-state index contributed by atoms with van der Waals surface area (Å²) in [5.41, 5.74) is 1.49. The van der Waals surface area contributed by atoms with E-state index < -0.39 is 0 Å². The molecule has 2 rings (SSSR count). The Morgan fingerprint density at radius 2 is 1.68 bits per heavy atom. The van der Waals surface area contributed by atoms with E-state index in [1.807, 2.05) is 30.3 Å². The van der Waals surface area contributed by atoms with Crippen LogP contribution >= 0.6 is 12.4 Å². The number of anilines is 2. The molecule has 25 heavy (non-hydrogen) atoms. The lowest BCUT2D eigenvalue weighted by molar-refractivity contribution is 0.0953. The molecule has 0 saturated carbocycles. The molecule has 0 radical (unpaired) electrons. The molecule has 0 spiro atoms. The van der Waals surface area contributed by atoms with Crippen molar-refractivity contribution in [1.29, 1.82) is 0 Å². The van der Waals surface area contributed by atoms with Gasteiger partial charge in [-0.25, -0.2) is 4.98 Å². The number of para-hydroxylation sites is 1. The van der Waals surface area contributed by atoms with Gasteiger partial charge in [-0.2, -0.15) is 0 Å². The van der Waals surface area contributed by atoms with Crippen LogP contribution in [-0.2, 0) is 0 Å². The second-order valence-electron chi connectivity index (χ2n) is 5.91. The minimum atomic E-state index is -0.0740. The van der Waals surface area contributed by atoms with Crippen molar-refractivity contribution in [1.82, 2.24) is 10.3 Å². The second-order valence-corrected chi connectivity index (χ2v) is 5.91. The normalized spacial score (nSPS) is 9.96. The first-order chi connectivity index (χ1) is 11.8. The summed E-state index contributed by atoms with van der Waals surface area (Å²) in [6, 6.07) is 13.3. The number of carbonyl (C=O) groups excluding carboxylic acids is 1. The van der Waals surface area contributed by atoms with Gasteiger partial charge in [0.2, 0.25) is 0 Å². The number of amides is 1. The molecule has 2 N–H and O–H groups in total. The molecule has 1 aromatic carbocycles. The Kier molecular flexibility index (Phi) is 10.3. The van der Waals surface area contributed by atoms with E-state index in [0.717, 1.165) is 12.1 Å². The molecular weight excluding hydrogens is 334 g/mol. The van der Waals surface area contributed by atoms with E-state index in [1.165, 1.54) is 32.1 Å². The third kappa shape index (κ3) is 7.57. The van der Waals surface area contributed by atoms with E-state index in [2.05, 4.69) is 22.5 Å². The van der Waals surface area contributed by atoms with Gasteiger partial charge in [-0.1, -0.05) is 57.2 Å². The first-order valence-electron chi connectivity index (χ1n) is 8.86. The number of nitrogens with one attached hydrogen (secondary N) is 2. The van der Waals surface area contributed by atoms with Crippen LogP contribution in [0.5, 0.6) is 0 Å². The molecular formula is C20H28ClN3O. The molecule has 0 aliphatic carbocycles. The Labute approximate surface area is 156 Å². The number of aromatic nitrogens is 1. The smallest absolute Gasteiger partial charge is 0.255 e. The molecule has 0 aliphatic rings. The lowest BCUT2D eigenvalue weighted by atomic mass is 10.1. The van der Waals surface area contributed by atoms with E-state index in [0.29, 0.717) is 17.9 Å². The van der Waals surface area contributed by atoms with Gasteiger partial charge in [0.05, 0.1) is 5.56 Å². The third-order valence-electron chi connectivity index (χ3n) is 3.90. The maximum Gasteiger partial charge on any atom is 0.255 e. The fraction of sp³-hybridized carbons (Fsp3) is 0.400. The van der Waals surface area contributed by atoms with Crippen molar-refractivity contribution >= 4 is 29.8 Å². The SMILES string of the molecule is CCCCCCCCNC(=O)c1cccnc1Nc1ccccc1.Cl. The first-order valence-corrected chi connectivity index (χ1v) is 8.86. The van der Waals surface area contributed by atoms with Gasteiger partial charge in [0.15, 0.2) is 0 Å². The Bertz CT molecular complexity index is 619. The summed E-state index contributed by atoms with van der Waals surface area (Å²) < 4.78 is 0. The summed E-state index contributed by atoms with van der Waals surface area (Å²) >= 11 is 0. The van der Waals surface area contributed by atoms with Crippen LogP contribution in [0.2, 0.25) is 0 Å². The zero-order chi connectivity index (χ0) is 17.0. The molecule has 136 valence electrons. The van der Waals surface area contributed by atoms with E-state index in [-0.39, 0.29) is 18.3 Å². The number of pyridine rings is 1. The van der Waals surface area contributed by atoms with Crippen molar-refractivity contribution in [3.8, 4) is 0 Å². The van der Waals surface area contributed by atoms with Gasteiger partial charge in [-0.05, 0) is 30.7 Å². The largest absolute Gasteiger partial charge is 0.352 e. The fourth-order valence-electron chi connectivity index (χ4n) is 2.55. The lowest BCUT2D eigenvalue weighted by Crippen LogP contribution is -2.25. The minimum absolute atomic E-state index is 0. The highest BCUT2D eigenvalue weighted by Crippen LogP contribution is 2.18. The van der Waals surface area contributed by atoms with E-state index in [9.17, 15) is 4.79 Å². The summed E-state index contributed by atoms with van der Waals surface area (Å²) in [5, 5.41) is 6.20. The van der Waals surface area contributed by atoms with Gasteiger partial charge >= 0.3 is 0 Å². The van der Waals surface area contributed by atoms with Crippen molar-refractivity contribution in [2.75, 3.05) is 11.9 Å². The number of hydrogen-bond acceptors (Lipinski definition) is 3. The zero-order valence-corrected chi connectivity index (χ0v) is 15.6. The van der Waals surface area contributed by atoms with E-state index >= 15 is 0 Å². The van der Waals surface area contributed by atoms with Crippen LogP contribution in [0.1, 0.15) is 55.8 Å². The number of carbonyl (C=O) groups is 1. The number of nitrogens with zero attached hydrogens (tertiary/aromatic N) is 1. The molecule has 0 unspecified atom stereocenters. The molecule has 0 bridgehead atoms. The van der Waals surface area contributed by atoms with Crippen molar-refractivity contribution in [3.63, 3.8) is 0 Å². The average molecular weight is 362 g/mol. The van der Waals surface area contributed by atoms with Crippen molar-refractivity contribution in [2.45, 2.75) is 45.4 Å². The van der Waals surface area contributed by atoms with Crippen LogP contribution in [-0.4, -0.2) is 17.4 Å². The molecule has 1 aromatic heterocycles. The van der Waals surface area contributed by atoms with Gasteiger partial charge in [0.1, 0.15) is 5.82 Å². The van der Waals surface area contributed by atoms with Crippen LogP contribution < -0.4 is 10.6 Å². The van der Waals surface area contributed by atoms with Crippen LogP contribution in [0, 0.1) is 0 Å². The molecule has 0 saturated heterocycles. The fourth-order valence-corrected chi connectivity index (χ4v) is 2.55. The standard InChI is InChI=1S/C20H27N3O.ClH/c1-2-3-4-5-6-10-15-22-20(24)18-14-11-16-21-19(18)23-17-12-8-7-9-13-17;/h7-9,11-14,16H,2-6,10,15H2,1H3,(H,21,23)(H,22,24);1H. The summed E-state index contributed by atoms with van der Waals surface area (Å²) in [6.07, 6.45) is 8.98. The molecule has 2 aromatic rings. The van der Waals surface area contributed by atoms with Crippen molar-refractivity contribution in [3.05, 3.63) is 54.2 Å². The van der Waals surface area contributed by atoms with Crippen LogP contribution in [0.4, 0.5) is 11.5 Å². The van der Waals surface area contributed by atoms with Crippen LogP contribution in [0.3, 0.4) is 0 Å². The van der Waals surface area contributed by atoms with Crippen molar-refractivity contribution < 1.29 is 4.79 Å². The molecule has 0 aliphatic heterocycles. The molecule has 4 nitrogen and oxygen atoms in total. The summed E-state index contributed by atoms with van der Waals surface area (Å²) in [7, 11) is 0. The topological polar surface area (TPSA) is 54.0 Å².